The maximum atomic E-state index is 6.09. The third kappa shape index (κ3) is 4.25. The molecule has 0 spiro atoms. The van der Waals surface area contributed by atoms with Gasteiger partial charge in [-0.15, -0.1) is 0 Å². The third-order valence-electron chi connectivity index (χ3n) is 6.73. The van der Waals surface area contributed by atoms with Crippen molar-refractivity contribution in [1.82, 2.24) is 0 Å². The Morgan fingerprint density at radius 1 is 0.969 bits per heavy atom. The van der Waals surface area contributed by atoms with Crippen molar-refractivity contribution in [2.24, 2.45) is 5.92 Å². The number of nitrogens with one attached hydrogen (secondary N) is 1. The average molecular weight is 426 g/mol. The average Bonchev–Trinajstić information content (AvgIpc) is 3.34. The van der Waals surface area contributed by atoms with E-state index in [1.54, 1.807) is 0 Å². The Morgan fingerprint density at radius 2 is 1.75 bits per heavy atom. The first-order valence-corrected chi connectivity index (χ1v) is 11.7. The van der Waals surface area contributed by atoms with Crippen LogP contribution in [-0.2, 0) is 6.61 Å². The lowest BCUT2D eigenvalue weighted by atomic mass is 9.77. The SMILES string of the molecule is CCC(C)Oc1ccc2c(c1)C1C=CCC1C(c1ccc(OCc3ccccc3)cc1)N2. The zero-order chi connectivity index (χ0) is 21.9. The third-order valence-corrected chi connectivity index (χ3v) is 6.73. The van der Waals surface area contributed by atoms with E-state index in [0.29, 0.717) is 18.4 Å². The number of hydrogen-bond donors (Lipinski definition) is 1. The van der Waals surface area contributed by atoms with Crippen LogP contribution in [0.1, 0.15) is 55.3 Å². The maximum absolute atomic E-state index is 6.09. The van der Waals surface area contributed by atoms with Gasteiger partial charge in [-0.25, -0.2) is 0 Å². The lowest BCUT2D eigenvalue weighted by molar-refractivity contribution is 0.217. The first-order chi connectivity index (χ1) is 15.7. The highest BCUT2D eigenvalue weighted by Gasteiger charge is 2.38. The summed E-state index contributed by atoms with van der Waals surface area (Å²) in [6.45, 7) is 4.87. The minimum Gasteiger partial charge on any atom is -0.491 e. The number of ether oxygens (including phenoxy) is 2. The van der Waals surface area contributed by atoms with Gasteiger partial charge >= 0.3 is 0 Å². The second-order valence-corrected chi connectivity index (χ2v) is 8.90. The molecule has 0 bridgehead atoms. The summed E-state index contributed by atoms with van der Waals surface area (Å²) >= 11 is 0. The Labute approximate surface area is 191 Å². The lowest BCUT2D eigenvalue weighted by Gasteiger charge is -2.37. The summed E-state index contributed by atoms with van der Waals surface area (Å²) in [5, 5.41) is 3.82. The zero-order valence-electron chi connectivity index (χ0n) is 18.8. The molecule has 0 saturated heterocycles. The molecule has 3 aromatic rings. The molecule has 32 heavy (non-hydrogen) atoms. The van der Waals surface area contributed by atoms with Crippen LogP contribution in [0.3, 0.4) is 0 Å². The molecule has 1 N–H and O–H groups in total. The quantitative estimate of drug-likeness (QED) is 0.404. The molecular weight excluding hydrogens is 394 g/mol. The van der Waals surface area contributed by atoms with E-state index in [0.717, 1.165) is 24.3 Å². The van der Waals surface area contributed by atoms with Gasteiger partial charge in [-0.3, -0.25) is 0 Å². The topological polar surface area (TPSA) is 30.5 Å². The molecule has 0 fully saturated rings. The second kappa shape index (κ2) is 9.12. The summed E-state index contributed by atoms with van der Waals surface area (Å²) < 4.78 is 12.1. The molecule has 0 amide bonds. The van der Waals surface area contributed by atoms with E-state index < -0.39 is 0 Å². The molecule has 5 rings (SSSR count). The van der Waals surface area contributed by atoms with Gasteiger partial charge in [0, 0.05) is 11.6 Å². The molecule has 2 aliphatic rings. The van der Waals surface area contributed by atoms with Crippen LogP contribution in [0, 0.1) is 5.92 Å². The van der Waals surface area contributed by atoms with E-state index >= 15 is 0 Å². The van der Waals surface area contributed by atoms with Gasteiger partial charge in [-0.2, -0.15) is 0 Å². The van der Waals surface area contributed by atoms with E-state index in [1.165, 1.54) is 22.4 Å². The van der Waals surface area contributed by atoms with Crippen LogP contribution < -0.4 is 14.8 Å². The number of anilines is 1. The molecular formula is C29H31NO2. The van der Waals surface area contributed by atoms with Crippen LogP contribution in [0.5, 0.6) is 11.5 Å². The van der Waals surface area contributed by atoms with E-state index in [-0.39, 0.29) is 12.1 Å². The molecule has 1 heterocycles. The molecule has 1 aliphatic carbocycles. The van der Waals surface area contributed by atoms with Crippen molar-refractivity contribution in [2.45, 2.75) is 51.4 Å². The summed E-state index contributed by atoms with van der Waals surface area (Å²) in [5.41, 5.74) is 5.05. The molecule has 3 heteroatoms. The Morgan fingerprint density at radius 3 is 2.53 bits per heavy atom. The van der Waals surface area contributed by atoms with Gasteiger partial charge in [0.1, 0.15) is 18.1 Å². The smallest absolute Gasteiger partial charge is 0.120 e. The monoisotopic (exact) mass is 425 g/mol. The normalized spacial score (nSPS) is 21.9. The van der Waals surface area contributed by atoms with Crippen LogP contribution in [-0.4, -0.2) is 6.10 Å². The summed E-state index contributed by atoms with van der Waals surface area (Å²) in [6.07, 6.45) is 7.04. The van der Waals surface area contributed by atoms with E-state index in [9.17, 15) is 0 Å². The molecule has 4 atom stereocenters. The fourth-order valence-corrected chi connectivity index (χ4v) is 4.80. The zero-order valence-corrected chi connectivity index (χ0v) is 18.8. The number of rotatable bonds is 7. The first-order valence-electron chi connectivity index (χ1n) is 11.7. The Balaban J connectivity index is 1.33. The predicted octanol–water partition coefficient (Wildman–Crippen LogP) is 7.27. The van der Waals surface area contributed by atoms with Gasteiger partial charge in [0.25, 0.3) is 0 Å². The van der Waals surface area contributed by atoms with Crippen molar-refractivity contribution in [2.75, 3.05) is 5.32 Å². The van der Waals surface area contributed by atoms with E-state index in [2.05, 4.69) is 85.9 Å². The Kier molecular flexibility index (Phi) is 5.89. The lowest BCUT2D eigenvalue weighted by Crippen LogP contribution is -2.29. The number of benzene rings is 3. The highest BCUT2D eigenvalue weighted by atomic mass is 16.5. The van der Waals surface area contributed by atoms with Crippen LogP contribution >= 0.6 is 0 Å². The van der Waals surface area contributed by atoms with Gasteiger partial charge in [0.15, 0.2) is 0 Å². The minimum atomic E-state index is 0.231. The van der Waals surface area contributed by atoms with Crippen LogP contribution in [0.15, 0.2) is 84.9 Å². The minimum absolute atomic E-state index is 0.231. The van der Waals surface area contributed by atoms with Crippen molar-refractivity contribution >= 4 is 5.69 Å². The molecule has 3 nitrogen and oxygen atoms in total. The van der Waals surface area contributed by atoms with Crippen LogP contribution in [0.4, 0.5) is 5.69 Å². The van der Waals surface area contributed by atoms with Gasteiger partial charge < -0.3 is 14.8 Å². The Hall–Kier alpha value is -3.20. The molecule has 1 aliphatic heterocycles. The summed E-state index contributed by atoms with van der Waals surface area (Å²) in [4.78, 5) is 0. The van der Waals surface area contributed by atoms with E-state index in [1.807, 2.05) is 18.2 Å². The van der Waals surface area contributed by atoms with Crippen molar-refractivity contribution in [3.05, 3.63) is 102 Å². The second-order valence-electron chi connectivity index (χ2n) is 8.90. The van der Waals surface area contributed by atoms with Crippen molar-refractivity contribution in [3.63, 3.8) is 0 Å². The summed E-state index contributed by atoms with van der Waals surface area (Å²) in [6, 6.07) is 25.7. The molecule has 0 aromatic heterocycles. The van der Waals surface area contributed by atoms with Crippen molar-refractivity contribution in [1.29, 1.82) is 0 Å². The first kappa shape index (κ1) is 20.7. The van der Waals surface area contributed by atoms with Crippen LogP contribution in [0.2, 0.25) is 0 Å². The van der Waals surface area contributed by atoms with E-state index in [4.69, 9.17) is 9.47 Å². The highest BCUT2D eigenvalue weighted by molar-refractivity contribution is 5.61. The van der Waals surface area contributed by atoms with Gasteiger partial charge in [0.2, 0.25) is 0 Å². The van der Waals surface area contributed by atoms with Gasteiger partial charge in [-0.1, -0.05) is 61.5 Å². The van der Waals surface area contributed by atoms with Crippen molar-refractivity contribution in [3.8, 4) is 11.5 Å². The van der Waals surface area contributed by atoms with Crippen LogP contribution in [0.25, 0.3) is 0 Å². The number of hydrogen-bond acceptors (Lipinski definition) is 3. The molecule has 0 saturated carbocycles. The molecule has 164 valence electrons. The molecule has 3 aromatic carbocycles. The van der Waals surface area contributed by atoms with Crippen molar-refractivity contribution < 1.29 is 9.47 Å². The van der Waals surface area contributed by atoms with Gasteiger partial charge in [-0.05, 0) is 72.7 Å². The van der Waals surface area contributed by atoms with Gasteiger partial charge in [0.05, 0.1) is 12.1 Å². The largest absolute Gasteiger partial charge is 0.491 e. The number of allylic oxidation sites excluding steroid dienone is 2. The standard InChI is InChI=1S/C29H31NO2/c1-3-20(2)32-24-16-17-28-27(18-24)25-10-7-11-26(25)29(30-28)22-12-14-23(15-13-22)31-19-21-8-5-4-6-9-21/h4-10,12-18,20,25-26,29-30H,3,11,19H2,1-2H3. The highest BCUT2D eigenvalue weighted by Crippen LogP contribution is 2.50. The summed E-state index contributed by atoms with van der Waals surface area (Å²) in [7, 11) is 0. The Bertz CT molecular complexity index is 1070. The molecule has 4 unspecified atom stereocenters. The fraction of sp³-hybridized carbons (Fsp3) is 0.310. The number of fused-ring (bicyclic) bond motifs is 3. The fourth-order valence-electron chi connectivity index (χ4n) is 4.80. The predicted molar refractivity (Wildman–Crippen MR) is 130 cm³/mol. The summed E-state index contributed by atoms with van der Waals surface area (Å²) in [5.74, 6) is 2.81. The molecule has 0 radical (unpaired) electrons. The maximum Gasteiger partial charge on any atom is 0.120 e.